The first-order valence-corrected chi connectivity index (χ1v) is 15.3. The molecule has 0 aromatic carbocycles. The molecule has 5 fully saturated rings. The van der Waals surface area contributed by atoms with Gasteiger partial charge in [0.2, 0.25) is 5.91 Å². The first-order valence-electron chi connectivity index (χ1n) is 15.3. The molecule has 5 aliphatic rings. The Labute approximate surface area is 213 Å². The summed E-state index contributed by atoms with van der Waals surface area (Å²) in [5.74, 6) is 4.99. The van der Waals surface area contributed by atoms with Crippen LogP contribution in [0.15, 0.2) is 0 Å². The summed E-state index contributed by atoms with van der Waals surface area (Å²) in [5.41, 5.74) is 0.456. The summed E-state index contributed by atoms with van der Waals surface area (Å²) in [6.07, 6.45) is 19.0. The molecule has 0 saturated heterocycles. The molecule has 0 bridgehead atoms. The zero-order valence-electron chi connectivity index (χ0n) is 22.5. The Hall–Kier alpha value is -0.900. The summed E-state index contributed by atoms with van der Waals surface area (Å²) in [6, 6.07) is 0. The molecule has 0 radical (unpaired) electrons. The van der Waals surface area contributed by atoms with Crippen LogP contribution >= 0.6 is 0 Å². The number of fused-ring (bicyclic) bond motifs is 5. The van der Waals surface area contributed by atoms with Gasteiger partial charge in [0.25, 0.3) is 0 Å². The fourth-order valence-corrected chi connectivity index (χ4v) is 9.38. The second kappa shape index (κ2) is 10.5. The highest BCUT2D eigenvalue weighted by Gasteiger charge is 2.62. The topological polar surface area (TPSA) is 66.4 Å². The highest BCUT2D eigenvalue weighted by atomic mass is 16.3. The summed E-state index contributed by atoms with van der Waals surface area (Å²) in [7, 11) is 0. The monoisotopic (exact) mass is 485 g/mol. The van der Waals surface area contributed by atoms with Crippen LogP contribution in [0.25, 0.3) is 0 Å². The normalized spacial score (nSPS) is 42.8. The van der Waals surface area contributed by atoms with Gasteiger partial charge in [-0.2, -0.15) is 0 Å². The molecule has 0 aromatic heterocycles. The number of Topliss-reactive ketones (excluding diaryl/α,β-unsaturated/α-hetero) is 1. The second-order valence-corrected chi connectivity index (χ2v) is 13.9. The van der Waals surface area contributed by atoms with E-state index in [0.717, 1.165) is 68.7 Å². The van der Waals surface area contributed by atoms with Gasteiger partial charge in [0, 0.05) is 25.8 Å². The van der Waals surface area contributed by atoms with E-state index in [1.807, 2.05) is 0 Å². The third-order valence-electron chi connectivity index (χ3n) is 11.9. The summed E-state index contributed by atoms with van der Waals surface area (Å²) in [4.78, 5) is 24.4. The van der Waals surface area contributed by atoms with Crippen LogP contribution in [0.5, 0.6) is 0 Å². The van der Waals surface area contributed by atoms with E-state index in [1.165, 1.54) is 64.2 Å². The Morgan fingerprint density at radius 1 is 0.943 bits per heavy atom. The number of unbranched alkanes of at least 4 members (excludes halogenated alkanes) is 4. The van der Waals surface area contributed by atoms with Gasteiger partial charge < -0.3 is 10.4 Å². The fourth-order valence-electron chi connectivity index (χ4n) is 9.38. The lowest BCUT2D eigenvalue weighted by atomic mass is 9.42. The van der Waals surface area contributed by atoms with E-state index >= 15 is 0 Å². The van der Waals surface area contributed by atoms with Crippen molar-refractivity contribution >= 4 is 11.7 Å². The number of carbonyl (C=O) groups excluding carboxylic acids is 2. The third kappa shape index (κ3) is 5.25. The first kappa shape index (κ1) is 25.7. The Kier molecular flexibility index (Phi) is 7.69. The minimum absolute atomic E-state index is 0.117. The van der Waals surface area contributed by atoms with Crippen LogP contribution in [0.4, 0.5) is 0 Å². The van der Waals surface area contributed by atoms with Crippen LogP contribution in [0.3, 0.4) is 0 Å². The molecule has 4 heteroatoms. The molecule has 5 rings (SSSR count). The van der Waals surface area contributed by atoms with Crippen molar-refractivity contribution in [3.63, 3.8) is 0 Å². The van der Waals surface area contributed by atoms with Crippen LogP contribution in [0.2, 0.25) is 0 Å². The van der Waals surface area contributed by atoms with Gasteiger partial charge in [-0.1, -0.05) is 46.0 Å². The maximum atomic E-state index is 12.4. The second-order valence-electron chi connectivity index (χ2n) is 13.9. The van der Waals surface area contributed by atoms with E-state index < -0.39 is 0 Å². The van der Waals surface area contributed by atoms with Crippen molar-refractivity contribution in [1.29, 1.82) is 0 Å². The molecule has 0 aromatic rings. The third-order valence-corrected chi connectivity index (χ3v) is 11.9. The van der Waals surface area contributed by atoms with Crippen molar-refractivity contribution in [2.45, 2.75) is 129 Å². The Morgan fingerprint density at radius 3 is 2.49 bits per heavy atom. The van der Waals surface area contributed by atoms with Crippen LogP contribution < -0.4 is 5.32 Å². The number of amides is 1. The van der Waals surface area contributed by atoms with E-state index in [1.54, 1.807) is 0 Å². The van der Waals surface area contributed by atoms with E-state index in [4.69, 9.17) is 0 Å². The van der Waals surface area contributed by atoms with E-state index in [-0.39, 0.29) is 17.4 Å². The van der Waals surface area contributed by atoms with Gasteiger partial charge in [-0.25, -0.2) is 0 Å². The number of hydrogen-bond donors (Lipinski definition) is 2. The minimum atomic E-state index is -0.117. The van der Waals surface area contributed by atoms with Gasteiger partial charge in [0.05, 0.1) is 6.10 Å². The molecule has 4 nitrogen and oxygen atoms in total. The molecule has 0 spiro atoms. The molecular formula is C31H51NO3. The van der Waals surface area contributed by atoms with Crippen LogP contribution in [-0.2, 0) is 9.59 Å². The lowest BCUT2D eigenvalue weighted by molar-refractivity contribution is -0.156. The first-order chi connectivity index (χ1) is 16.8. The van der Waals surface area contributed by atoms with Crippen molar-refractivity contribution < 1.29 is 14.7 Å². The van der Waals surface area contributed by atoms with Gasteiger partial charge in [0.15, 0.2) is 0 Å². The van der Waals surface area contributed by atoms with Crippen molar-refractivity contribution in [3.05, 3.63) is 0 Å². The van der Waals surface area contributed by atoms with E-state index in [2.05, 4.69) is 19.2 Å². The van der Waals surface area contributed by atoms with Crippen molar-refractivity contribution in [2.75, 3.05) is 6.54 Å². The summed E-state index contributed by atoms with van der Waals surface area (Å²) in [6.45, 7) is 5.82. The zero-order chi connectivity index (χ0) is 24.6. The Morgan fingerprint density at radius 2 is 1.69 bits per heavy atom. The zero-order valence-corrected chi connectivity index (χ0v) is 22.5. The summed E-state index contributed by atoms with van der Waals surface area (Å²) in [5, 5.41) is 14.0. The summed E-state index contributed by atoms with van der Waals surface area (Å²) >= 11 is 0. The molecule has 0 aliphatic heterocycles. The highest BCUT2D eigenvalue weighted by molar-refractivity contribution is 5.79. The summed E-state index contributed by atoms with van der Waals surface area (Å²) < 4.78 is 0. The van der Waals surface area contributed by atoms with E-state index in [0.29, 0.717) is 29.5 Å². The molecule has 0 unspecified atom stereocenters. The molecule has 8 atom stereocenters. The number of aliphatic hydroxyl groups excluding tert-OH is 1. The number of carbonyl (C=O) groups is 2. The SMILES string of the molecule is C[C@]12CCC(=O)C[C@@H]1C[C@@H](CCCCCCCC(=O)NCC1CC1)[C@@H]1[C@@H]2CC[C@]2(C)[C@@H](O)CC[C@@H]12. The molecule has 5 aliphatic carbocycles. The number of aliphatic hydroxyl groups is 1. The molecule has 5 saturated carbocycles. The van der Waals surface area contributed by atoms with Crippen LogP contribution in [0, 0.1) is 46.3 Å². The molecule has 0 heterocycles. The standard InChI is InChI=1S/C31H51NO3/c1-30-16-14-24(33)19-23(30)18-22(29-25-12-13-27(34)31(25,2)17-15-26(29)30)8-6-4-3-5-7-9-28(35)32-20-21-10-11-21/h21-23,25-27,29,34H,3-20H2,1-2H3,(H,32,35)/t22-,23+,25+,26+,27+,29+,30+,31+/m1/s1. The molecule has 1 amide bonds. The largest absolute Gasteiger partial charge is 0.393 e. The van der Waals surface area contributed by atoms with Gasteiger partial charge in [-0.05, 0) is 104 Å². The molecule has 35 heavy (non-hydrogen) atoms. The van der Waals surface area contributed by atoms with Crippen LogP contribution in [0.1, 0.15) is 123 Å². The molecule has 2 N–H and O–H groups in total. The molecule has 198 valence electrons. The van der Waals surface area contributed by atoms with Crippen molar-refractivity contribution in [2.24, 2.45) is 46.3 Å². The lowest BCUT2D eigenvalue weighted by Crippen LogP contribution is -2.57. The minimum Gasteiger partial charge on any atom is -0.393 e. The molecular weight excluding hydrogens is 434 g/mol. The maximum absolute atomic E-state index is 12.4. The van der Waals surface area contributed by atoms with Gasteiger partial charge >= 0.3 is 0 Å². The van der Waals surface area contributed by atoms with Crippen LogP contribution in [-0.4, -0.2) is 29.4 Å². The van der Waals surface area contributed by atoms with E-state index in [9.17, 15) is 14.7 Å². The van der Waals surface area contributed by atoms with Gasteiger partial charge in [-0.15, -0.1) is 0 Å². The quantitative estimate of drug-likeness (QED) is 0.350. The van der Waals surface area contributed by atoms with Crippen molar-refractivity contribution in [3.8, 4) is 0 Å². The number of ketones is 1. The highest BCUT2D eigenvalue weighted by Crippen LogP contribution is 2.67. The lowest BCUT2D eigenvalue weighted by Gasteiger charge is -2.62. The number of rotatable bonds is 10. The number of hydrogen-bond acceptors (Lipinski definition) is 3. The predicted molar refractivity (Wildman–Crippen MR) is 140 cm³/mol. The van der Waals surface area contributed by atoms with Crippen molar-refractivity contribution in [1.82, 2.24) is 5.32 Å². The Balaban J connectivity index is 1.14. The van der Waals surface area contributed by atoms with Gasteiger partial charge in [-0.3, -0.25) is 9.59 Å². The average Bonchev–Trinajstić information content (AvgIpc) is 3.61. The average molecular weight is 486 g/mol. The maximum Gasteiger partial charge on any atom is 0.220 e. The Bertz CT molecular complexity index is 777. The fraction of sp³-hybridized carbons (Fsp3) is 0.935. The number of nitrogens with one attached hydrogen (secondary N) is 1. The van der Waals surface area contributed by atoms with Gasteiger partial charge in [0.1, 0.15) is 5.78 Å². The smallest absolute Gasteiger partial charge is 0.220 e. The predicted octanol–water partition coefficient (Wildman–Crippen LogP) is 6.44.